The van der Waals surface area contributed by atoms with Crippen molar-refractivity contribution in [1.82, 2.24) is 10.3 Å². The Kier molecular flexibility index (Phi) is 6.71. The molecule has 0 saturated heterocycles. The molecule has 0 fully saturated rings. The van der Waals surface area contributed by atoms with Gasteiger partial charge >= 0.3 is 16.3 Å². The Morgan fingerprint density at radius 1 is 1.28 bits per heavy atom. The lowest BCUT2D eigenvalue weighted by molar-refractivity contribution is 0.245. The fourth-order valence-corrected chi connectivity index (χ4v) is 1.02. The third-order valence-corrected chi connectivity index (χ3v) is 2.17. The van der Waals surface area contributed by atoms with Crippen LogP contribution < -0.4 is 10.3 Å². The Balaban J connectivity index is 0.000000327. The van der Waals surface area contributed by atoms with Crippen LogP contribution in [0.25, 0.3) is 0 Å². The van der Waals surface area contributed by atoms with Crippen LogP contribution in [0.5, 0.6) is 0 Å². The lowest BCUT2D eigenvalue weighted by Crippen LogP contribution is -2.39. The summed E-state index contributed by atoms with van der Waals surface area (Å²) >= 11 is 0. The molecule has 0 atom stereocenters. The molecule has 0 radical (unpaired) electrons. The average molecular weight is 274 g/mol. The maximum Gasteiger partial charge on any atom is 0.374 e. The third kappa shape index (κ3) is 8.33. The average Bonchev–Trinajstić information content (AvgIpc) is 2.30. The quantitative estimate of drug-likeness (QED) is 0.368. The number of urea groups is 1. The van der Waals surface area contributed by atoms with Crippen molar-refractivity contribution < 1.29 is 17.8 Å². The minimum Gasteiger partial charge on any atom is -0.272 e. The summed E-state index contributed by atoms with van der Waals surface area (Å²) in [5, 5.41) is 2.25. The number of benzene rings is 1. The summed E-state index contributed by atoms with van der Waals surface area (Å²) in [7, 11) is -4.45. The van der Waals surface area contributed by atoms with Crippen LogP contribution in [0.2, 0.25) is 0 Å². The number of nitrogens with one attached hydrogen (secondary N) is 3. The molecule has 18 heavy (non-hydrogen) atoms. The number of carbonyl (C=O) groups is 1. The number of nitrogens with zero attached hydrogens (tertiary/aromatic N) is 1. The van der Waals surface area contributed by atoms with Gasteiger partial charge in [0.05, 0.1) is 0 Å². The molecule has 4 N–H and O–H groups in total. The van der Waals surface area contributed by atoms with E-state index in [-0.39, 0.29) is 0 Å². The van der Waals surface area contributed by atoms with Gasteiger partial charge in [-0.2, -0.15) is 13.9 Å². The van der Waals surface area contributed by atoms with Crippen LogP contribution in [0.15, 0.2) is 29.4 Å². The molecule has 0 aliphatic heterocycles. The number of carbonyl (C=O) groups excluding carboxylic acids is 1. The molecular formula is C9H14N4O4S. The van der Waals surface area contributed by atoms with Crippen molar-refractivity contribution in [3.63, 3.8) is 0 Å². The summed E-state index contributed by atoms with van der Waals surface area (Å²) in [6.45, 7) is 4.24. The summed E-state index contributed by atoms with van der Waals surface area (Å²) in [6, 6.07) is 7.13. The Labute approximate surface area is 105 Å². The van der Waals surface area contributed by atoms with Crippen LogP contribution in [0.3, 0.4) is 0 Å². The minimum absolute atomic E-state index is 1.19. The zero-order valence-corrected chi connectivity index (χ0v) is 10.7. The summed E-state index contributed by atoms with van der Waals surface area (Å²) in [5.74, 6) is 0. The van der Waals surface area contributed by atoms with E-state index in [0.717, 1.165) is 0 Å². The molecule has 1 aromatic carbocycles. The summed E-state index contributed by atoms with van der Waals surface area (Å²) < 4.78 is 27.5. The number of hydrogen-bond donors (Lipinski definition) is 4. The van der Waals surface area contributed by atoms with E-state index >= 15 is 0 Å². The second-order valence-corrected chi connectivity index (χ2v) is 4.36. The molecule has 0 saturated carbocycles. The fourth-order valence-electron chi connectivity index (χ4n) is 0.799. The molecule has 0 aromatic heterocycles. The number of hydrogen-bond acceptors (Lipinski definition) is 4. The Morgan fingerprint density at radius 2 is 1.72 bits per heavy atom. The molecule has 9 heteroatoms. The molecule has 1 aromatic rings. The maximum absolute atomic E-state index is 9.96. The van der Waals surface area contributed by atoms with E-state index in [0.29, 0.717) is 0 Å². The van der Waals surface area contributed by atoms with Gasteiger partial charge in [0.2, 0.25) is 0 Å². The van der Waals surface area contributed by atoms with Crippen molar-refractivity contribution >= 4 is 16.3 Å². The second kappa shape index (κ2) is 7.48. The number of amides is 2. The van der Waals surface area contributed by atoms with Gasteiger partial charge in [0.1, 0.15) is 0 Å². The van der Waals surface area contributed by atoms with Crippen LogP contribution in [0.4, 0.5) is 4.79 Å². The monoisotopic (exact) mass is 274 g/mol. The van der Waals surface area contributed by atoms with Gasteiger partial charge in [-0.25, -0.2) is 4.79 Å². The zero-order chi connectivity index (χ0) is 14.2. The Hall–Kier alpha value is -1.84. The highest BCUT2D eigenvalue weighted by Gasteiger charge is 2.03. The number of aryl methyl sites for hydroxylation is 2. The van der Waals surface area contributed by atoms with Crippen molar-refractivity contribution in [1.29, 1.82) is 5.53 Å². The van der Waals surface area contributed by atoms with Gasteiger partial charge in [0.25, 0.3) is 0 Å². The van der Waals surface area contributed by atoms with E-state index in [1.807, 2.05) is 0 Å². The molecule has 1 rings (SSSR count). The van der Waals surface area contributed by atoms with E-state index in [9.17, 15) is 13.2 Å². The topological polar surface area (TPSA) is 132 Å². The minimum atomic E-state index is -4.45. The van der Waals surface area contributed by atoms with Crippen molar-refractivity contribution in [2.75, 3.05) is 0 Å². The molecule has 0 aliphatic carbocycles. The van der Waals surface area contributed by atoms with E-state index in [2.05, 4.69) is 43.2 Å². The first-order valence-corrected chi connectivity index (χ1v) is 6.14. The first kappa shape index (κ1) is 16.2. The predicted molar refractivity (Wildman–Crippen MR) is 64.3 cm³/mol. The van der Waals surface area contributed by atoms with E-state index in [1.165, 1.54) is 21.4 Å². The molecular weight excluding hydrogens is 260 g/mol. The SMILES string of the molecule is Cc1ccccc1C.N=NC(=O)NNS(=O)(=O)O. The van der Waals surface area contributed by atoms with Gasteiger partial charge in [-0.3, -0.25) is 9.98 Å². The summed E-state index contributed by atoms with van der Waals surface area (Å²) in [5.41, 5.74) is 10.1. The molecule has 0 heterocycles. The molecule has 0 spiro atoms. The highest BCUT2D eigenvalue weighted by molar-refractivity contribution is 7.83. The Morgan fingerprint density at radius 3 is 2.00 bits per heavy atom. The van der Waals surface area contributed by atoms with Crippen LogP contribution >= 0.6 is 0 Å². The highest BCUT2D eigenvalue weighted by atomic mass is 32.2. The zero-order valence-electron chi connectivity index (χ0n) is 9.84. The largest absolute Gasteiger partial charge is 0.374 e. The van der Waals surface area contributed by atoms with Gasteiger partial charge in [0, 0.05) is 0 Å². The fraction of sp³-hybridized carbons (Fsp3) is 0.222. The van der Waals surface area contributed by atoms with Crippen LogP contribution in [-0.4, -0.2) is 19.0 Å². The summed E-state index contributed by atoms with van der Waals surface area (Å²) in [6.07, 6.45) is 0. The first-order chi connectivity index (χ1) is 8.26. The molecule has 0 bridgehead atoms. The second-order valence-electron chi connectivity index (χ2n) is 3.20. The van der Waals surface area contributed by atoms with Gasteiger partial charge in [-0.05, 0) is 25.0 Å². The number of hydrazine groups is 1. The van der Waals surface area contributed by atoms with E-state index < -0.39 is 16.3 Å². The molecule has 0 unspecified atom stereocenters. The van der Waals surface area contributed by atoms with Crippen LogP contribution in [-0.2, 0) is 10.3 Å². The summed E-state index contributed by atoms with van der Waals surface area (Å²) in [4.78, 5) is 11.1. The molecule has 0 aliphatic rings. The van der Waals surface area contributed by atoms with Crippen molar-refractivity contribution in [3.05, 3.63) is 35.4 Å². The van der Waals surface area contributed by atoms with Gasteiger partial charge < -0.3 is 0 Å². The molecule has 8 nitrogen and oxygen atoms in total. The maximum atomic E-state index is 9.96. The van der Waals surface area contributed by atoms with Gasteiger partial charge in [-0.1, -0.05) is 29.4 Å². The molecule has 100 valence electrons. The third-order valence-electron chi connectivity index (χ3n) is 1.81. The normalized spacial score (nSPS) is 9.94. The lowest BCUT2D eigenvalue weighted by Gasteiger charge is -1.96. The highest BCUT2D eigenvalue weighted by Crippen LogP contribution is 2.02. The van der Waals surface area contributed by atoms with E-state index in [1.54, 1.807) is 0 Å². The van der Waals surface area contributed by atoms with Gasteiger partial charge in [-0.15, -0.1) is 4.83 Å². The Bertz CT molecular complexity index is 494. The predicted octanol–water partition coefficient (Wildman–Crippen LogP) is 1.34. The molecule has 2 amide bonds. The van der Waals surface area contributed by atoms with Crippen molar-refractivity contribution in [2.45, 2.75) is 13.8 Å². The first-order valence-electron chi connectivity index (χ1n) is 4.70. The van der Waals surface area contributed by atoms with Crippen LogP contribution in [0, 0.1) is 19.4 Å². The van der Waals surface area contributed by atoms with Crippen molar-refractivity contribution in [2.24, 2.45) is 5.11 Å². The standard InChI is InChI=1S/C8H10.CH4N4O4S/c1-7-5-3-4-6-8(7)2;2-3-1(6)4-5-10(7,8)9/h3-6H,1-2H3;2,5H,(H,4,6)(H,7,8,9). The van der Waals surface area contributed by atoms with E-state index in [4.69, 9.17) is 10.1 Å². The van der Waals surface area contributed by atoms with Gasteiger partial charge in [0.15, 0.2) is 0 Å². The smallest absolute Gasteiger partial charge is 0.272 e. The van der Waals surface area contributed by atoms with Crippen LogP contribution in [0.1, 0.15) is 11.1 Å². The number of rotatable bonds is 2. The lowest BCUT2D eigenvalue weighted by atomic mass is 10.1. The van der Waals surface area contributed by atoms with Crippen molar-refractivity contribution in [3.8, 4) is 0 Å².